The van der Waals surface area contributed by atoms with Crippen LogP contribution in [-0.4, -0.2) is 18.1 Å². The Morgan fingerprint density at radius 2 is 2.00 bits per heavy atom. The van der Waals surface area contributed by atoms with Crippen LogP contribution in [-0.2, 0) is 4.79 Å². The van der Waals surface area contributed by atoms with E-state index >= 15 is 0 Å². The molecule has 0 saturated heterocycles. The summed E-state index contributed by atoms with van der Waals surface area (Å²) in [6.45, 7) is 1.81. The summed E-state index contributed by atoms with van der Waals surface area (Å²) in [5.41, 5.74) is 1.03. The predicted octanol–water partition coefficient (Wildman–Crippen LogP) is 3.75. The third kappa shape index (κ3) is 4.91. The van der Waals surface area contributed by atoms with Crippen LogP contribution >= 0.6 is 11.6 Å². The molecule has 3 N–H and O–H groups in total. The number of nitrogens with zero attached hydrogens (tertiary/aromatic N) is 1. The van der Waals surface area contributed by atoms with Gasteiger partial charge in [0.05, 0.1) is 18.8 Å². The van der Waals surface area contributed by atoms with Crippen molar-refractivity contribution in [2.45, 2.75) is 13.0 Å². The van der Waals surface area contributed by atoms with Crippen LogP contribution in [0.5, 0.6) is 11.5 Å². The predicted molar refractivity (Wildman–Crippen MR) is 100.0 cm³/mol. The van der Waals surface area contributed by atoms with Crippen LogP contribution in [0, 0.1) is 11.3 Å². The second-order valence-corrected chi connectivity index (χ2v) is 5.88. The highest BCUT2D eigenvalue weighted by Gasteiger charge is 2.14. The number of halogens is 1. The van der Waals surface area contributed by atoms with Crippen molar-refractivity contribution in [3.8, 4) is 17.6 Å². The Labute approximate surface area is 156 Å². The Morgan fingerprint density at radius 1 is 1.31 bits per heavy atom. The maximum absolute atomic E-state index is 12.3. The van der Waals surface area contributed by atoms with Crippen molar-refractivity contribution in [1.29, 1.82) is 5.26 Å². The molecule has 0 radical (unpaired) electrons. The second-order valence-electron chi connectivity index (χ2n) is 5.44. The number of methoxy groups -OCH3 is 1. The fourth-order valence-corrected chi connectivity index (χ4v) is 2.34. The Balaban J connectivity index is 2.07. The zero-order valence-corrected chi connectivity index (χ0v) is 15.0. The lowest BCUT2D eigenvalue weighted by Gasteiger charge is -2.14. The number of benzene rings is 2. The third-order valence-corrected chi connectivity index (χ3v) is 3.89. The van der Waals surface area contributed by atoms with E-state index in [1.165, 1.54) is 24.4 Å². The van der Waals surface area contributed by atoms with Gasteiger partial charge < -0.3 is 20.5 Å². The molecule has 0 aliphatic carbocycles. The van der Waals surface area contributed by atoms with Gasteiger partial charge in [0.2, 0.25) is 0 Å². The van der Waals surface area contributed by atoms with E-state index in [4.69, 9.17) is 16.3 Å². The van der Waals surface area contributed by atoms with E-state index in [2.05, 4.69) is 10.6 Å². The van der Waals surface area contributed by atoms with E-state index in [0.717, 1.165) is 11.3 Å². The van der Waals surface area contributed by atoms with Crippen molar-refractivity contribution in [3.63, 3.8) is 0 Å². The summed E-state index contributed by atoms with van der Waals surface area (Å²) in [7, 11) is 1.58. The summed E-state index contributed by atoms with van der Waals surface area (Å²) in [5, 5.41) is 24.9. The molecule has 0 saturated carbocycles. The molecule has 6 nitrogen and oxygen atoms in total. The lowest BCUT2D eigenvalue weighted by Crippen LogP contribution is -2.28. The zero-order valence-electron chi connectivity index (χ0n) is 14.3. The summed E-state index contributed by atoms with van der Waals surface area (Å²) < 4.78 is 5.10. The molecule has 0 bridgehead atoms. The molecule has 2 rings (SSSR count). The highest BCUT2D eigenvalue weighted by molar-refractivity contribution is 6.30. The van der Waals surface area contributed by atoms with Gasteiger partial charge >= 0.3 is 0 Å². The maximum atomic E-state index is 12.3. The number of amides is 1. The highest BCUT2D eigenvalue weighted by Crippen LogP contribution is 2.26. The molecule has 1 atom stereocenters. The number of phenols is 1. The minimum atomic E-state index is -0.537. The lowest BCUT2D eigenvalue weighted by molar-refractivity contribution is -0.117. The summed E-state index contributed by atoms with van der Waals surface area (Å²) in [6.07, 6.45) is 1.22. The normalized spacial score (nSPS) is 12.0. The smallest absolute Gasteiger partial charge is 0.263 e. The van der Waals surface area contributed by atoms with Gasteiger partial charge in [0, 0.05) is 11.2 Å². The first-order valence-electron chi connectivity index (χ1n) is 7.74. The fraction of sp³-hybridized carbons (Fsp3) is 0.158. The van der Waals surface area contributed by atoms with Crippen LogP contribution < -0.4 is 15.4 Å². The number of nitrogens with one attached hydrogen (secondary N) is 2. The van der Waals surface area contributed by atoms with Gasteiger partial charge in [-0.1, -0.05) is 23.7 Å². The Bertz CT molecular complexity index is 857. The molecule has 2 aromatic carbocycles. The fourth-order valence-electron chi connectivity index (χ4n) is 2.17. The standard InChI is InChI=1S/C19H18ClN3O3/c1-12(13-3-6-16(26-2)7-4-13)23-19(25)14(10-21)11-22-17-9-15(20)5-8-18(17)24/h3-9,11-12,22,24H,1-2H3,(H,23,25)/b14-11-. The third-order valence-electron chi connectivity index (χ3n) is 3.66. The largest absolute Gasteiger partial charge is 0.506 e. The summed E-state index contributed by atoms with van der Waals surface area (Å²) in [5.74, 6) is 0.134. The number of carbonyl (C=O) groups excluding carboxylic acids is 1. The van der Waals surface area contributed by atoms with Gasteiger partial charge in [0.15, 0.2) is 0 Å². The first-order valence-corrected chi connectivity index (χ1v) is 8.12. The van der Waals surface area contributed by atoms with Crippen molar-refractivity contribution in [3.05, 3.63) is 64.8 Å². The van der Waals surface area contributed by atoms with E-state index < -0.39 is 5.91 Å². The molecular formula is C19H18ClN3O3. The number of aromatic hydroxyl groups is 1. The SMILES string of the molecule is COc1ccc(C(C)NC(=O)/C(C#N)=C\Nc2cc(Cl)ccc2O)cc1. The Hall–Kier alpha value is -3.17. The lowest BCUT2D eigenvalue weighted by atomic mass is 10.1. The highest BCUT2D eigenvalue weighted by atomic mass is 35.5. The van der Waals surface area contributed by atoms with E-state index in [0.29, 0.717) is 10.7 Å². The molecule has 0 spiro atoms. The molecular weight excluding hydrogens is 354 g/mol. The monoisotopic (exact) mass is 371 g/mol. The number of nitriles is 1. The van der Waals surface area contributed by atoms with Crippen LogP contribution in [0.15, 0.2) is 54.2 Å². The average Bonchev–Trinajstić information content (AvgIpc) is 2.64. The molecule has 134 valence electrons. The number of hydrogen-bond donors (Lipinski definition) is 3. The van der Waals surface area contributed by atoms with Crippen LogP contribution in [0.25, 0.3) is 0 Å². The van der Waals surface area contributed by atoms with E-state index in [1.54, 1.807) is 19.2 Å². The van der Waals surface area contributed by atoms with Gasteiger partial charge in [-0.05, 0) is 42.8 Å². The molecule has 7 heteroatoms. The molecule has 26 heavy (non-hydrogen) atoms. The van der Waals surface area contributed by atoms with Gasteiger partial charge in [-0.25, -0.2) is 0 Å². The van der Waals surface area contributed by atoms with Crippen LogP contribution in [0.2, 0.25) is 5.02 Å². The maximum Gasteiger partial charge on any atom is 0.263 e. The van der Waals surface area contributed by atoms with Crippen molar-refractivity contribution in [1.82, 2.24) is 5.32 Å². The van der Waals surface area contributed by atoms with Crippen LogP contribution in [0.4, 0.5) is 5.69 Å². The van der Waals surface area contributed by atoms with Gasteiger partial charge in [-0.3, -0.25) is 4.79 Å². The number of carbonyl (C=O) groups is 1. The number of ether oxygens (including phenoxy) is 1. The molecule has 0 aliphatic heterocycles. The average molecular weight is 372 g/mol. The first kappa shape index (κ1) is 19.2. The van der Waals surface area contributed by atoms with Crippen LogP contribution in [0.1, 0.15) is 18.5 Å². The Morgan fingerprint density at radius 3 is 2.62 bits per heavy atom. The minimum Gasteiger partial charge on any atom is -0.506 e. The molecule has 1 amide bonds. The first-order chi connectivity index (χ1) is 12.4. The van der Waals surface area contributed by atoms with Crippen molar-refractivity contribution in [2.24, 2.45) is 0 Å². The Kier molecular flexibility index (Phi) is 6.48. The molecule has 2 aromatic rings. The van der Waals surface area contributed by atoms with Gasteiger partial charge in [-0.2, -0.15) is 5.26 Å². The van der Waals surface area contributed by atoms with Gasteiger partial charge in [-0.15, -0.1) is 0 Å². The van der Waals surface area contributed by atoms with Crippen LogP contribution in [0.3, 0.4) is 0 Å². The molecule has 0 heterocycles. The van der Waals surface area contributed by atoms with Gasteiger partial charge in [0.1, 0.15) is 23.1 Å². The minimum absolute atomic E-state index is 0.0463. The number of rotatable bonds is 6. The zero-order chi connectivity index (χ0) is 19.1. The number of phenolic OH excluding ortho intramolecular Hbond substituents is 1. The van der Waals surface area contributed by atoms with E-state index in [1.807, 2.05) is 25.1 Å². The van der Waals surface area contributed by atoms with Gasteiger partial charge in [0.25, 0.3) is 5.91 Å². The van der Waals surface area contributed by atoms with Crippen molar-refractivity contribution in [2.75, 3.05) is 12.4 Å². The quantitative estimate of drug-likeness (QED) is 0.408. The topological polar surface area (TPSA) is 94.4 Å². The van der Waals surface area contributed by atoms with E-state index in [9.17, 15) is 15.2 Å². The van der Waals surface area contributed by atoms with E-state index in [-0.39, 0.29) is 17.4 Å². The van der Waals surface area contributed by atoms with Crippen molar-refractivity contribution >= 4 is 23.2 Å². The molecule has 0 aliphatic rings. The summed E-state index contributed by atoms with van der Waals surface area (Å²) in [4.78, 5) is 12.3. The number of hydrogen-bond acceptors (Lipinski definition) is 5. The summed E-state index contributed by atoms with van der Waals surface area (Å²) >= 11 is 5.86. The molecule has 1 unspecified atom stereocenters. The summed E-state index contributed by atoms with van der Waals surface area (Å²) in [6, 6.07) is 13.2. The molecule has 0 fully saturated rings. The molecule has 0 aromatic heterocycles. The number of anilines is 1. The van der Waals surface area contributed by atoms with Crippen molar-refractivity contribution < 1.29 is 14.6 Å². The second kappa shape index (κ2) is 8.79.